The zero-order valence-corrected chi connectivity index (χ0v) is 33.6. The van der Waals surface area contributed by atoms with Gasteiger partial charge in [0.2, 0.25) is 5.78 Å². The molecule has 314 valence electrons. The molecule has 53 heavy (non-hydrogen) atoms. The molecule has 0 aromatic carbocycles. The summed E-state index contributed by atoms with van der Waals surface area (Å²) in [5.74, 6) is -3.24. The van der Waals surface area contributed by atoms with Crippen LogP contribution in [0.5, 0.6) is 0 Å². The van der Waals surface area contributed by atoms with Crippen LogP contribution in [-0.2, 0) is 76.0 Å². The fraction of sp³-hybridized carbons (Fsp3) is 0.914. The van der Waals surface area contributed by atoms with E-state index in [1.807, 2.05) is 0 Å². The van der Waals surface area contributed by atoms with Crippen LogP contribution in [0.2, 0.25) is 0 Å². The summed E-state index contributed by atoms with van der Waals surface area (Å²) in [6.45, 7) is 11.6. The van der Waals surface area contributed by atoms with Crippen molar-refractivity contribution in [3.8, 4) is 0 Å². The third-order valence-electron chi connectivity index (χ3n) is 6.55. The molecule has 1 N–H and O–H groups in total. The first-order valence-electron chi connectivity index (χ1n) is 18.5. The number of ketones is 1. The summed E-state index contributed by atoms with van der Waals surface area (Å²) in [5.41, 5.74) is 0. The van der Waals surface area contributed by atoms with Crippen LogP contribution in [0.15, 0.2) is 0 Å². The highest BCUT2D eigenvalue weighted by Crippen LogP contribution is 2.02. The van der Waals surface area contributed by atoms with Crippen LogP contribution in [0.3, 0.4) is 0 Å². The number of Topliss-reactive ketones (excluding diaryl/α,β-unsaturated/α-hetero) is 1. The molecule has 0 heterocycles. The van der Waals surface area contributed by atoms with Gasteiger partial charge in [-0.3, -0.25) is 9.59 Å². The molecule has 0 aromatic heterocycles. The summed E-state index contributed by atoms with van der Waals surface area (Å²) in [6, 6.07) is 0. The summed E-state index contributed by atoms with van der Waals surface area (Å²) >= 11 is 2.41. The van der Waals surface area contributed by atoms with Crippen molar-refractivity contribution in [2.24, 2.45) is 0 Å². The smallest absolute Gasteiger partial charge is 0.372 e. The molecule has 0 rings (SSSR count). The first kappa shape index (κ1) is 51.9. The normalized spacial score (nSPS) is 11.3. The van der Waals surface area contributed by atoms with Crippen molar-refractivity contribution < 1.29 is 81.1 Å². The summed E-state index contributed by atoms with van der Waals surface area (Å²) in [6.07, 6.45) is 4.28. The highest BCUT2D eigenvalue weighted by atomic mass is 127. The molecule has 0 aliphatic heterocycles. The maximum absolute atomic E-state index is 11.4. The number of carbonyl (C=O) groups excluding carboxylic acids is 2. The van der Waals surface area contributed by atoms with E-state index in [1.165, 1.54) is 23.7 Å². The van der Waals surface area contributed by atoms with Crippen LogP contribution >= 0.6 is 22.6 Å². The van der Waals surface area contributed by atoms with Gasteiger partial charge in [-0.05, 0) is 17.3 Å². The lowest BCUT2D eigenvalue weighted by Crippen LogP contribution is -2.17. The van der Waals surface area contributed by atoms with E-state index in [9.17, 15) is 14.4 Å². The van der Waals surface area contributed by atoms with Gasteiger partial charge in [-0.25, -0.2) is 4.79 Å². The third-order valence-corrected chi connectivity index (χ3v) is 7.31. The minimum Gasteiger partial charge on any atom is -0.476 e. The van der Waals surface area contributed by atoms with Crippen molar-refractivity contribution in [3.63, 3.8) is 0 Å². The van der Waals surface area contributed by atoms with Crippen molar-refractivity contribution in [2.75, 3.05) is 170 Å². The summed E-state index contributed by atoms with van der Waals surface area (Å²) in [5, 5.41) is 8.45. The highest BCUT2D eigenvalue weighted by molar-refractivity contribution is 14.1. The number of hydrogen-bond donors (Lipinski definition) is 1. The maximum atomic E-state index is 11.4. The number of alkyl halides is 1. The average molecular weight is 885 g/mol. The molecular weight excluding hydrogens is 819 g/mol. The number of esters is 1. The second-order valence-corrected chi connectivity index (χ2v) is 12.0. The van der Waals surface area contributed by atoms with E-state index >= 15 is 0 Å². The Kier molecular flexibility index (Phi) is 44.3. The van der Waals surface area contributed by atoms with Crippen molar-refractivity contribution >= 4 is 40.3 Å². The van der Waals surface area contributed by atoms with Crippen LogP contribution < -0.4 is 0 Å². The number of rotatable bonds is 46. The molecular formula is C35H65IO17. The van der Waals surface area contributed by atoms with Gasteiger partial charge in [-0.2, -0.15) is 0 Å². The molecule has 0 atom stereocenters. The molecule has 18 heteroatoms. The fourth-order valence-electron chi connectivity index (χ4n) is 3.78. The molecule has 0 amide bonds. The lowest BCUT2D eigenvalue weighted by molar-refractivity contribution is -0.151. The Morgan fingerprint density at radius 2 is 0.604 bits per heavy atom. The molecule has 0 spiro atoms. The molecule has 0 fully saturated rings. The molecule has 0 aromatic rings. The number of unbranched alkanes of at least 4 members (excludes halogenated alkanes) is 3. The van der Waals surface area contributed by atoms with Crippen molar-refractivity contribution in [1.82, 2.24) is 0 Å². The van der Waals surface area contributed by atoms with Crippen LogP contribution in [0.25, 0.3) is 0 Å². The second-order valence-electron chi connectivity index (χ2n) is 10.9. The van der Waals surface area contributed by atoms with E-state index in [0.717, 1.165) is 13.0 Å². The van der Waals surface area contributed by atoms with E-state index in [2.05, 4.69) is 22.6 Å². The van der Waals surface area contributed by atoms with Gasteiger partial charge in [-0.1, -0.05) is 35.4 Å². The molecule has 0 aliphatic rings. The summed E-state index contributed by atoms with van der Waals surface area (Å²) < 4.78 is 71.5. The zero-order chi connectivity index (χ0) is 38.6. The van der Waals surface area contributed by atoms with Gasteiger partial charge in [0.1, 0.15) is 6.61 Å². The summed E-state index contributed by atoms with van der Waals surface area (Å²) in [7, 11) is 0. The van der Waals surface area contributed by atoms with Gasteiger partial charge in [0.15, 0.2) is 0 Å². The van der Waals surface area contributed by atoms with Crippen molar-refractivity contribution in [1.29, 1.82) is 0 Å². The molecule has 0 bridgehead atoms. The van der Waals surface area contributed by atoms with Gasteiger partial charge < -0.3 is 66.7 Å². The van der Waals surface area contributed by atoms with Crippen LogP contribution in [0.1, 0.15) is 38.5 Å². The second kappa shape index (κ2) is 45.3. The lowest BCUT2D eigenvalue weighted by atomic mass is 10.2. The monoisotopic (exact) mass is 884 g/mol. The quantitative estimate of drug-likeness (QED) is 0.0307. The molecule has 0 aliphatic carbocycles. The topological polar surface area (TPSA) is 191 Å². The van der Waals surface area contributed by atoms with Gasteiger partial charge in [0, 0.05) is 13.0 Å². The Bertz CT molecular complexity index is 796. The highest BCUT2D eigenvalue weighted by Gasteiger charge is 2.14. The number of carboxylic acids is 1. The third kappa shape index (κ3) is 45.1. The van der Waals surface area contributed by atoms with Crippen molar-refractivity contribution in [2.45, 2.75) is 38.5 Å². The van der Waals surface area contributed by atoms with Crippen molar-refractivity contribution in [3.05, 3.63) is 0 Å². The van der Waals surface area contributed by atoms with E-state index in [4.69, 9.17) is 66.7 Å². The van der Waals surface area contributed by atoms with Gasteiger partial charge in [0.25, 0.3) is 0 Å². The van der Waals surface area contributed by atoms with Crippen LogP contribution in [-0.4, -0.2) is 192 Å². The Morgan fingerprint density at radius 1 is 0.340 bits per heavy atom. The minimum absolute atomic E-state index is 0.0131. The number of halogens is 1. The minimum atomic E-state index is -1.56. The largest absolute Gasteiger partial charge is 0.476 e. The van der Waals surface area contributed by atoms with E-state index in [-0.39, 0.29) is 26.1 Å². The molecule has 0 unspecified atom stereocenters. The maximum Gasteiger partial charge on any atom is 0.372 e. The first-order valence-corrected chi connectivity index (χ1v) is 20.0. The van der Waals surface area contributed by atoms with E-state index in [1.54, 1.807) is 0 Å². The Morgan fingerprint density at radius 3 is 0.887 bits per heavy atom. The molecule has 0 saturated heterocycles. The average Bonchev–Trinajstić information content (AvgIpc) is 3.15. The Balaban J connectivity index is 3.11. The first-order chi connectivity index (χ1) is 26.1. The number of hydrogen-bond acceptors (Lipinski definition) is 16. The standard InChI is InChI=1S/C35H65IO17/c36-7-3-1-2-4-8-41-9-10-42-11-12-43-13-14-44-15-16-45-17-18-46-19-20-47-21-22-48-23-24-49-25-26-50-27-28-51-29-30-52-31-32-53-34(38)6-5-33(37)35(39)40/h1-32H2,(H,39,40). The summed E-state index contributed by atoms with van der Waals surface area (Å²) in [4.78, 5) is 32.7. The van der Waals surface area contributed by atoms with Gasteiger partial charge in [-0.15, -0.1) is 0 Å². The van der Waals surface area contributed by atoms with Gasteiger partial charge in [0.05, 0.1) is 158 Å². The predicted molar refractivity (Wildman–Crippen MR) is 200 cm³/mol. The lowest BCUT2D eigenvalue weighted by Gasteiger charge is -2.09. The molecule has 0 radical (unpaired) electrons. The SMILES string of the molecule is O=C(CCC(=O)C(=O)O)OCCOCCOCCOCCOCCOCCOCCOCCOCCOCCOCCOCCOCCCCCCI. The van der Waals surface area contributed by atoms with Gasteiger partial charge >= 0.3 is 11.9 Å². The fourth-order valence-corrected chi connectivity index (χ4v) is 4.32. The van der Waals surface area contributed by atoms with E-state index in [0.29, 0.717) is 145 Å². The van der Waals surface area contributed by atoms with Crippen LogP contribution in [0.4, 0.5) is 0 Å². The van der Waals surface area contributed by atoms with E-state index < -0.39 is 17.7 Å². The zero-order valence-electron chi connectivity index (χ0n) is 31.5. The Labute approximate surface area is 328 Å². The number of aliphatic carboxylic acids is 1. The number of carbonyl (C=O) groups is 3. The molecule has 17 nitrogen and oxygen atoms in total. The molecule has 0 saturated carbocycles. The Hall–Kier alpha value is -1.14. The predicted octanol–water partition coefficient (Wildman–Crippen LogP) is 2.16. The number of ether oxygens (including phenoxy) is 13. The number of carboxylic acid groups (broad SMARTS) is 1. The van der Waals surface area contributed by atoms with Crippen LogP contribution in [0, 0.1) is 0 Å².